The van der Waals surface area contributed by atoms with Crippen LogP contribution in [0.2, 0.25) is 0 Å². The fraction of sp³-hybridized carbons (Fsp3) is 1.00. The number of nitrogens with zero attached hydrogens (tertiary/aromatic N) is 2. The van der Waals surface area contributed by atoms with E-state index in [0.29, 0.717) is 6.04 Å². The van der Waals surface area contributed by atoms with E-state index in [1.165, 1.54) is 32.6 Å². The van der Waals surface area contributed by atoms with Gasteiger partial charge in [-0.15, -0.1) is 0 Å². The van der Waals surface area contributed by atoms with E-state index in [2.05, 4.69) is 23.8 Å². The topological polar surface area (TPSA) is 32.5 Å². The Morgan fingerprint density at radius 1 is 1.23 bits per heavy atom. The molecule has 1 fully saturated rings. The van der Waals surface area contributed by atoms with Crippen molar-refractivity contribution < 1.29 is 0 Å². The summed E-state index contributed by atoms with van der Waals surface area (Å²) in [5.74, 6) is 0. The van der Waals surface area contributed by atoms with Gasteiger partial charge in [-0.1, -0.05) is 13.3 Å². The van der Waals surface area contributed by atoms with Gasteiger partial charge in [-0.05, 0) is 13.5 Å². The number of rotatable bonds is 4. The molecule has 0 aromatic rings. The highest BCUT2D eigenvalue weighted by Crippen LogP contribution is 2.02. The lowest BCUT2D eigenvalue weighted by Gasteiger charge is -2.33. The van der Waals surface area contributed by atoms with Crippen molar-refractivity contribution in [2.75, 3.05) is 39.8 Å². The van der Waals surface area contributed by atoms with Gasteiger partial charge < -0.3 is 10.6 Å². The molecule has 1 rings (SSSR count). The van der Waals surface area contributed by atoms with E-state index >= 15 is 0 Å². The van der Waals surface area contributed by atoms with E-state index in [0.717, 1.165) is 13.0 Å². The maximum Gasteiger partial charge on any atom is 0.0167 e. The van der Waals surface area contributed by atoms with E-state index < -0.39 is 0 Å². The highest BCUT2D eigenvalue weighted by Gasteiger charge is 2.15. The van der Waals surface area contributed by atoms with E-state index in [1.54, 1.807) is 0 Å². The zero-order valence-electron chi connectivity index (χ0n) is 9.00. The van der Waals surface area contributed by atoms with Crippen LogP contribution in [0.25, 0.3) is 0 Å². The fourth-order valence-corrected chi connectivity index (χ4v) is 1.82. The van der Waals surface area contributed by atoms with Crippen LogP contribution in [0, 0.1) is 0 Å². The first kappa shape index (κ1) is 11.0. The fourth-order valence-electron chi connectivity index (χ4n) is 1.82. The van der Waals surface area contributed by atoms with Crippen LogP contribution in [-0.4, -0.2) is 55.6 Å². The minimum Gasteiger partial charge on any atom is -0.327 e. The average molecular weight is 185 g/mol. The normalized spacial score (nSPS) is 23.3. The average Bonchev–Trinajstić information content (AvgIpc) is 2.09. The molecule has 1 heterocycles. The molecule has 1 saturated heterocycles. The van der Waals surface area contributed by atoms with Gasteiger partial charge >= 0.3 is 0 Å². The zero-order valence-corrected chi connectivity index (χ0v) is 9.00. The predicted octanol–water partition coefficient (Wildman–Crippen LogP) is 0.361. The Kier molecular flexibility index (Phi) is 4.70. The van der Waals surface area contributed by atoms with E-state index in [1.807, 2.05) is 0 Å². The van der Waals surface area contributed by atoms with Gasteiger partial charge in [0, 0.05) is 38.8 Å². The van der Waals surface area contributed by atoms with Crippen LogP contribution in [0.3, 0.4) is 0 Å². The van der Waals surface area contributed by atoms with Gasteiger partial charge in [-0.25, -0.2) is 0 Å². The lowest BCUT2D eigenvalue weighted by molar-refractivity contribution is 0.146. The summed E-state index contributed by atoms with van der Waals surface area (Å²) in [6.45, 7) is 8.05. The minimum absolute atomic E-state index is 0.383. The Bertz CT molecular complexity index is 130. The number of likely N-dealkylation sites (N-methyl/N-ethyl adjacent to an activating group) is 1. The third kappa shape index (κ3) is 4.07. The summed E-state index contributed by atoms with van der Waals surface area (Å²) in [6.07, 6.45) is 2.36. The number of hydrogen-bond donors (Lipinski definition) is 1. The van der Waals surface area contributed by atoms with Crippen molar-refractivity contribution in [1.29, 1.82) is 0 Å². The first-order valence-electron chi connectivity index (χ1n) is 5.39. The molecule has 1 atom stereocenters. The van der Waals surface area contributed by atoms with Gasteiger partial charge in [-0.3, -0.25) is 4.90 Å². The minimum atomic E-state index is 0.383. The number of hydrogen-bond acceptors (Lipinski definition) is 3. The first-order valence-corrected chi connectivity index (χ1v) is 5.39. The van der Waals surface area contributed by atoms with Crippen molar-refractivity contribution in [1.82, 2.24) is 9.80 Å². The van der Waals surface area contributed by atoms with E-state index in [4.69, 9.17) is 5.73 Å². The molecule has 1 aliphatic rings. The van der Waals surface area contributed by atoms with Crippen molar-refractivity contribution in [3.05, 3.63) is 0 Å². The van der Waals surface area contributed by atoms with Crippen molar-refractivity contribution in [3.63, 3.8) is 0 Å². The summed E-state index contributed by atoms with van der Waals surface area (Å²) in [6, 6.07) is 0.383. The van der Waals surface area contributed by atoms with Crippen LogP contribution < -0.4 is 5.73 Å². The molecule has 3 heteroatoms. The van der Waals surface area contributed by atoms with Crippen LogP contribution in [0.4, 0.5) is 0 Å². The van der Waals surface area contributed by atoms with Crippen LogP contribution in [0.15, 0.2) is 0 Å². The second-order valence-corrected chi connectivity index (χ2v) is 4.15. The molecule has 1 aliphatic heterocycles. The molecule has 78 valence electrons. The predicted molar refractivity (Wildman–Crippen MR) is 56.8 cm³/mol. The molecule has 0 aliphatic carbocycles. The maximum atomic E-state index is 5.99. The molecule has 0 aromatic carbocycles. The molecule has 3 nitrogen and oxygen atoms in total. The third-order valence-corrected chi connectivity index (χ3v) is 2.75. The van der Waals surface area contributed by atoms with Gasteiger partial charge in [0.05, 0.1) is 0 Å². The Hall–Kier alpha value is -0.120. The summed E-state index contributed by atoms with van der Waals surface area (Å²) in [5, 5.41) is 0. The van der Waals surface area contributed by atoms with Crippen LogP contribution >= 0.6 is 0 Å². The van der Waals surface area contributed by atoms with Gasteiger partial charge in [0.15, 0.2) is 0 Å². The largest absolute Gasteiger partial charge is 0.327 e. The summed E-state index contributed by atoms with van der Waals surface area (Å²) < 4.78 is 0. The third-order valence-electron chi connectivity index (χ3n) is 2.75. The van der Waals surface area contributed by atoms with Crippen molar-refractivity contribution >= 4 is 0 Å². The molecular weight excluding hydrogens is 162 g/mol. The summed E-state index contributed by atoms with van der Waals surface area (Å²) in [5.41, 5.74) is 5.99. The molecule has 0 bridgehead atoms. The van der Waals surface area contributed by atoms with E-state index in [-0.39, 0.29) is 0 Å². The molecule has 0 spiro atoms. The number of nitrogens with two attached hydrogens (primary N) is 1. The molecular formula is C10H23N3. The van der Waals surface area contributed by atoms with Crippen molar-refractivity contribution in [2.24, 2.45) is 5.73 Å². The van der Waals surface area contributed by atoms with E-state index in [9.17, 15) is 0 Å². The smallest absolute Gasteiger partial charge is 0.0167 e. The lowest BCUT2D eigenvalue weighted by Crippen LogP contribution is -2.48. The second kappa shape index (κ2) is 5.58. The summed E-state index contributed by atoms with van der Waals surface area (Å²) in [7, 11) is 2.18. The molecule has 13 heavy (non-hydrogen) atoms. The first-order chi connectivity index (χ1) is 6.22. The monoisotopic (exact) mass is 185 g/mol. The molecule has 0 unspecified atom stereocenters. The number of piperazine rings is 1. The molecule has 0 amide bonds. The van der Waals surface area contributed by atoms with Gasteiger partial charge in [0.25, 0.3) is 0 Å². The lowest BCUT2D eigenvalue weighted by atomic mass is 10.1. The van der Waals surface area contributed by atoms with Gasteiger partial charge in [-0.2, -0.15) is 0 Å². The Labute approximate surface area is 81.9 Å². The van der Waals surface area contributed by atoms with Crippen LogP contribution in [0.5, 0.6) is 0 Å². The van der Waals surface area contributed by atoms with Gasteiger partial charge in [0.1, 0.15) is 0 Å². The molecule has 2 N–H and O–H groups in total. The highest BCUT2D eigenvalue weighted by molar-refractivity contribution is 4.73. The summed E-state index contributed by atoms with van der Waals surface area (Å²) >= 11 is 0. The standard InChI is InChI=1S/C10H23N3/c1-3-4-10(11)9-13-7-5-12(2)6-8-13/h10H,3-9,11H2,1-2H3/t10-/m1/s1. The highest BCUT2D eigenvalue weighted by atomic mass is 15.2. The second-order valence-electron chi connectivity index (χ2n) is 4.15. The van der Waals surface area contributed by atoms with Crippen LogP contribution in [-0.2, 0) is 0 Å². The SMILES string of the molecule is CCC[C@@H](N)CN1CCN(C)CC1. The van der Waals surface area contributed by atoms with Crippen molar-refractivity contribution in [3.8, 4) is 0 Å². The maximum absolute atomic E-state index is 5.99. The summed E-state index contributed by atoms with van der Waals surface area (Å²) in [4.78, 5) is 4.86. The zero-order chi connectivity index (χ0) is 9.68. The molecule has 0 saturated carbocycles. The Morgan fingerprint density at radius 3 is 2.38 bits per heavy atom. The van der Waals surface area contributed by atoms with Crippen molar-refractivity contribution in [2.45, 2.75) is 25.8 Å². The molecule has 0 aromatic heterocycles. The Balaban J connectivity index is 2.14. The Morgan fingerprint density at radius 2 is 1.85 bits per heavy atom. The quantitative estimate of drug-likeness (QED) is 0.686. The van der Waals surface area contributed by atoms with Gasteiger partial charge in [0.2, 0.25) is 0 Å². The van der Waals surface area contributed by atoms with Crippen LogP contribution in [0.1, 0.15) is 19.8 Å². The molecule has 0 radical (unpaired) electrons.